The minimum absolute atomic E-state index is 0.106. The van der Waals surface area contributed by atoms with Crippen LogP contribution >= 0.6 is 0 Å². The second-order valence-corrected chi connectivity index (χ2v) is 3.22. The average Bonchev–Trinajstić information content (AvgIpc) is 2.77. The summed E-state index contributed by atoms with van der Waals surface area (Å²) in [4.78, 5) is 20.6. The Bertz CT molecular complexity index is 456. The quantitative estimate of drug-likeness (QED) is 0.428. The third-order valence-electron chi connectivity index (χ3n) is 1.90. The number of nitrogens with two attached hydrogens (primary N) is 1. The molecule has 0 aliphatic carbocycles. The van der Waals surface area contributed by atoms with Crippen LogP contribution < -0.4 is 5.73 Å². The van der Waals surface area contributed by atoms with E-state index in [4.69, 9.17) is 15.3 Å². The van der Waals surface area contributed by atoms with Crippen LogP contribution in [0, 0.1) is 10.1 Å². The van der Waals surface area contributed by atoms with Crippen molar-refractivity contribution in [3.63, 3.8) is 0 Å². The molecule has 0 saturated heterocycles. The van der Waals surface area contributed by atoms with Gasteiger partial charge in [0.05, 0.1) is 12.3 Å². The molecule has 0 aliphatic rings. The molecule has 1 rings (SSSR count). The molecule has 3 N–H and O–H groups in total. The third-order valence-corrected chi connectivity index (χ3v) is 1.90. The highest BCUT2D eigenvalue weighted by Crippen LogP contribution is 2.13. The number of nitro groups is 1. The van der Waals surface area contributed by atoms with E-state index in [1.165, 1.54) is 12.1 Å². The fraction of sp³-hybridized carbons (Fsp3) is 0.333. The van der Waals surface area contributed by atoms with Crippen molar-refractivity contribution in [1.82, 2.24) is 5.01 Å². The highest BCUT2D eigenvalue weighted by molar-refractivity contribution is 5.79. The zero-order valence-electron chi connectivity index (χ0n) is 9.35. The lowest BCUT2D eigenvalue weighted by molar-refractivity contribution is -0.402. The highest BCUT2D eigenvalue weighted by atomic mass is 16.6. The highest BCUT2D eigenvalue weighted by Gasteiger charge is 2.11. The second kappa shape index (κ2) is 6.35. The third kappa shape index (κ3) is 3.87. The Hall–Kier alpha value is -2.42. The van der Waals surface area contributed by atoms with E-state index in [-0.39, 0.29) is 18.9 Å². The lowest BCUT2D eigenvalue weighted by Crippen LogP contribution is -2.32. The first-order chi connectivity index (χ1) is 8.54. The molecule has 1 aromatic heterocycles. The van der Waals surface area contributed by atoms with E-state index in [9.17, 15) is 14.9 Å². The first-order valence-electron chi connectivity index (χ1n) is 5.00. The zero-order chi connectivity index (χ0) is 13.5. The van der Waals surface area contributed by atoms with Gasteiger partial charge in [0.25, 0.3) is 0 Å². The SMILES string of the molecule is NC(=O)N(CCCO)/N=C/c1ccc([N+](=O)[O-])o1. The van der Waals surface area contributed by atoms with Gasteiger partial charge in [-0.1, -0.05) is 0 Å². The Morgan fingerprint density at radius 1 is 1.67 bits per heavy atom. The van der Waals surface area contributed by atoms with Crippen molar-refractivity contribution >= 4 is 18.1 Å². The molecule has 0 atom stereocenters. The first kappa shape index (κ1) is 13.6. The van der Waals surface area contributed by atoms with Crippen molar-refractivity contribution in [2.24, 2.45) is 10.8 Å². The monoisotopic (exact) mass is 256 g/mol. The maximum Gasteiger partial charge on any atom is 0.433 e. The number of hydrazone groups is 1. The van der Waals surface area contributed by atoms with Gasteiger partial charge in [0, 0.05) is 13.2 Å². The van der Waals surface area contributed by atoms with Gasteiger partial charge in [-0.3, -0.25) is 10.1 Å². The van der Waals surface area contributed by atoms with Gasteiger partial charge in [-0.2, -0.15) is 5.10 Å². The van der Waals surface area contributed by atoms with Crippen LogP contribution in [-0.2, 0) is 0 Å². The van der Waals surface area contributed by atoms with Crippen molar-refractivity contribution in [2.45, 2.75) is 6.42 Å². The maximum absolute atomic E-state index is 11.0. The lowest BCUT2D eigenvalue weighted by Gasteiger charge is -2.12. The van der Waals surface area contributed by atoms with E-state index in [1.807, 2.05) is 0 Å². The molecular weight excluding hydrogens is 244 g/mol. The molecule has 0 saturated carbocycles. The molecule has 0 fully saturated rings. The minimum atomic E-state index is -0.791. The molecule has 0 aromatic carbocycles. The van der Waals surface area contributed by atoms with Crippen LogP contribution in [0.3, 0.4) is 0 Å². The summed E-state index contributed by atoms with van der Waals surface area (Å²) in [5, 5.41) is 23.6. The number of urea groups is 1. The van der Waals surface area contributed by atoms with E-state index in [0.717, 1.165) is 11.2 Å². The summed E-state index contributed by atoms with van der Waals surface area (Å²) in [6.45, 7) is 0.0384. The summed E-state index contributed by atoms with van der Waals surface area (Å²) in [7, 11) is 0. The van der Waals surface area contributed by atoms with Crippen molar-refractivity contribution in [1.29, 1.82) is 0 Å². The van der Waals surface area contributed by atoms with Gasteiger partial charge < -0.3 is 15.3 Å². The summed E-state index contributed by atoms with van der Waals surface area (Å²) >= 11 is 0. The number of rotatable bonds is 6. The molecule has 0 radical (unpaired) electrons. The van der Waals surface area contributed by atoms with Crippen molar-refractivity contribution in [3.05, 3.63) is 28.0 Å². The molecule has 9 heteroatoms. The number of primary amides is 1. The number of furan rings is 1. The molecule has 1 heterocycles. The van der Waals surface area contributed by atoms with E-state index in [1.54, 1.807) is 0 Å². The van der Waals surface area contributed by atoms with Gasteiger partial charge in [-0.25, -0.2) is 9.80 Å². The lowest BCUT2D eigenvalue weighted by atomic mass is 10.4. The van der Waals surface area contributed by atoms with E-state index in [0.29, 0.717) is 6.42 Å². The fourth-order valence-corrected chi connectivity index (χ4v) is 1.08. The van der Waals surface area contributed by atoms with Gasteiger partial charge in [0.2, 0.25) is 0 Å². The van der Waals surface area contributed by atoms with Crippen LogP contribution in [0.4, 0.5) is 10.7 Å². The zero-order valence-corrected chi connectivity index (χ0v) is 9.35. The second-order valence-electron chi connectivity index (χ2n) is 3.22. The minimum Gasteiger partial charge on any atom is -0.400 e. The molecule has 0 bridgehead atoms. The number of nitrogens with zero attached hydrogens (tertiary/aromatic N) is 3. The number of aliphatic hydroxyl groups excluding tert-OH is 1. The van der Waals surface area contributed by atoms with Gasteiger partial charge in [0.1, 0.15) is 4.92 Å². The van der Waals surface area contributed by atoms with Crippen LogP contribution in [0.25, 0.3) is 0 Å². The predicted octanol–water partition coefficient (Wildman–Crippen LogP) is 0.285. The van der Waals surface area contributed by atoms with Crippen LogP contribution in [0.2, 0.25) is 0 Å². The van der Waals surface area contributed by atoms with E-state index >= 15 is 0 Å². The molecule has 98 valence electrons. The number of aliphatic hydroxyl groups is 1. The summed E-state index contributed by atoms with van der Waals surface area (Å²) in [5.41, 5.74) is 5.05. The Labute approximate surface area is 102 Å². The Balaban J connectivity index is 2.69. The Kier molecular flexibility index (Phi) is 4.81. The number of carbonyl (C=O) groups excluding carboxylic acids is 1. The predicted molar refractivity (Wildman–Crippen MR) is 60.9 cm³/mol. The average molecular weight is 256 g/mol. The maximum atomic E-state index is 11.0. The number of hydrogen-bond acceptors (Lipinski definition) is 6. The normalized spacial score (nSPS) is 10.7. The summed E-state index contributed by atoms with van der Waals surface area (Å²) in [6, 6.07) is 1.72. The van der Waals surface area contributed by atoms with E-state index < -0.39 is 16.8 Å². The van der Waals surface area contributed by atoms with Crippen LogP contribution in [0.1, 0.15) is 12.2 Å². The molecule has 18 heavy (non-hydrogen) atoms. The molecule has 9 nitrogen and oxygen atoms in total. The molecule has 0 spiro atoms. The van der Waals surface area contributed by atoms with Gasteiger partial charge in [0.15, 0.2) is 5.76 Å². The number of carbonyl (C=O) groups is 1. The summed E-state index contributed by atoms with van der Waals surface area (Å²) < 4.78 is 4.80. The smallest absolute Gasteiger partial charge is 0.400 e. The molecular formula is C9H12N4O5. The van der Waals surface area contributed by atoms with Gasteiger partial charge in [-0.15, -0.1) is 0 Å². The van der Waals surface area contributed by atoms with Crippen LogP contribution in [0.15, 0.2) is 21.7 Å². The number of amides is 2. The van der Waals surface area contributed by atoms with Gasteiger partial charge in [-0.05, 0) is 12.5 Å². The van der Waals surface area contributed by atoms with Crippen molar-refractivity contribution in [3.8, 4) is 0 Å². The van der Waals surface area contributed by atoms with Crippen LogP contribution in [0.5, 0.6) is 0 Å². The standard InChI is InChI=1S/C9H12N4O5/c10-9(15)12(4-1-5-14)11-6-7-2-3-8(18-7)13(16)17/h2-3,6,14H,1,4-5H2,(H2,10,15)/b11-6+. The van der Waals surface area contributed by atoms with E-state index in [2.05, 4.69) is 5.10 Å². The molecule has 0 aliphatic heterocycles. The summed E-state index contributed by atoms with van der Waals surface area (Å²) in [5.74, 6) is -0.297. The molecule has 2 amide bonds. The summed E-state index contributed by atoms with van der Waals surface area (Å²) in [6.07, 6.45) is 1.45. The molecule has 1 aromatic rings. The molecule has 0 unspecified atom stereocenters. The first-order valence-corrected chi connectivity index (χ1v) is 5.00. The van der Waals surface area contributed by atoms with Crippen molar-refractivity contribution in [2.75, 3.05) is 13.2 Å². The largest absolute Gasteiger partial charge is 0.433 e. The Morgan fingerprint density at radius 2 is 2.39 bits per heavy atom. The Morgan fingerprint density at radius 3 is 2.89 bits per heavy atom. The topological polar surface area (TPSA) is 135 Å². The van der Waals surface area contributed by atoms with Crippen LogP contribution in [-0.4, -0.2) is 40.4 Å². The van der Waals surface area contributed by atoms with Crippen molar-refractivity contribution < 1.29 is 19.2 Å². The fourth-order valence-electron chi connectivity index (χ4n) is 1.08. The number of hydrogen-bond donors (Lipinski definition) is 2. The van der Waals surface area contributed by atoms with Gasteiger partial charge >= 0.3 is 11.9 Å².